The molecule has 0 aromatic heterocycles. The van der Waals surface area contributed by atoms with Crippen LogP contribution in [0.1, 0.15) is 5.56 Å². The second-order valence-corrected chi connectivity index (χ2v) is 6.29. The minimum Gasteiger partial charge on any atom is -0.278 e. The van der Waals surface area contributed by atoms with Crippen LogP contribution in [0.25, 0.3) is 6.08 Å². The number of amides is 1. The number of rotatable bonds is 3. The normalized spacial score (nSPS) is 16.7. The lowest BCUT2D eigenvalue weighted by Gasteiger charge is -2.14. The summed E-state index contributed by atoms with van der Waals surface area (Å²) in [6, 6.07) is 16.7. The average molecular weight is 341 g/mol. The maximum atomic E-state index is 12.5. The first-order chi connectivity index (χ1) is 11.1. The average Bonchev–Trinajstić information content (AvgIpc) is 2.84. The lowest BCUT2D eigenvalue weighted by molar-refractivity contribution is -0.113. The summed E-state index contributed by atoms with van der Waals surface area (Å²) in [5, 5.41) is 8.82. The van der Waals surface area contributed by atoms with Crippen LogP contribution in [0.15, 0.2) is 71.7 Å². The SMILES string of the molecule is N=C1S/C(=C\C=C\c2ccccc2)C(=O)N1c1ccc(Cl)cc1. The van der Waals surface area contributed by atoms with E-state index in [0.29, 0.717) is 15.6 Å². The third-order valence-electron chi connectivity index (χ3n) is 3.24. The van der Waals surface area contributed by atoms with Gasteiger partial charge in [0.2, 0.25) is 0 Å². The molecule has 3 rings (SSSR count). The van der Waals surface area contributed by atoms with E-state index in [4.69, 9.17) is 17.0 Å². The second kappa shape index (κ2) is 6.86. The number of nitrogens with one attached hydrogen (secondary N) is 1. The predicted octanol–water partition coefficient (Wildman–Crippen LogP) is 4.95. The molecule has 0 spiro atoms. The first-order valence-corrected chi connectivity index (χ1v) is 8.14. The molecule has 0 bridgehead atoms. The Morgan fingerprint density at radius 2 is 1.74 bits per heavy atom. The molecule has 0 unspecified atom stereocenters. The van der Waals surface area contributed by atoms with Crippen molar-refractivity contribution in [1.82, 2.24) is 0 Å². The van der Waals surface area contributed by atoms with Crippen molar-refractivity contribution in [3.8, 4) is 0 Å². The van der Waals surface area contributed by atoms with E-state index in [0.717, 1.165) is 17.3 Å². The van der Waals surface area contributed by atoms with Crippen molar-refractivity contribution < 1.29 is 4.79 Å². The van der Waals surface area contributed by atoms with Crippen LogP contribution in [0, 0.1) is 5.41 Å². The van der Waals surface area contributed by atoms with Crippen LogP contribution in [0.4, 0.5) is 5.69 Å². The van der Waals surface area contributed by atoms with Crippen molar-refractivity contribution in [1.29, 1.82) is 5.41 Å². The lowest BCUT2D eigenvalue weighted by Crippen LogP contribution is -2.27. The van der Waals surface area contributed by atoms with E-state index < -0.39 is 0 Å². The van der Waals surface area contributed by atoms with Crippen molar-refractivity contribution in [2.45, 2.75) is 0 Å². The molecule has 1 saturated heterocycles. The molecule has 1 amide bonds. The molecule has 0 aliphatic carbocycles. The van der Waals surface area contributed by atoms with E-state index in [9.17, 15) is 4.79 Å². The zero-order valence-electron chi connectivity index (χ0n) is 12.1. The molecule has 0 saturated carbocycles. The zero-order valence-corrected chi connectivity index (χ0v) is 13.6. The minimum atomic E-state index is -0.194. The second-order valence-electron chi connectivity index (χ2n) is 4.82. The molecule has 1 aliphatic rings. The summed E-state index contributed by atoms with van der Waals surface area (Å²) < 4.78 is 0. The largest absolute Gasteiger partial charge is 0.278 e. The van der Waals surface area contributed by atoms with E-state index in [-0.39, 0.29) is 11.1 Å². The summed E-state index contributed by atoms with van der Waals surface area (Å²) in [6.07, 6.45) is 5.49. The van der Waals surface area contributed by atoms with Crippen molar-refractivity contribution in [2.75, 3.05) is 4.90 Å². The summed E-state index contributed by atoms with van der Waals surface area (Å²) in [7, 11) is 0. The molecule has 1 heterocycles. The molecule has 1 fully saturated rings. The smallest absolute Gasteiger partial charge is 0.271 e. The first kappa shape index (κ1) is 15.6. The van der Waals surface area contributed by atoms with Gasteiger partial charge in [0, 0.05) is 5.02 Å². The predicted molar refractivity (Wildman–Crippen MR) is 97.8 cm³/mol. The third-order valence-corrected chi connectivity index (χ3v) is 4.40. The number of nitrogens with zero attached hydrogens (tertiary/aromatic N) is 1. The molecule has 2 aromatic carbocycles. The standard InChI is InChI=1S/C18H13ClN2OS/c19-14-9-11-15(12-10-14)21-17(22)16(23-18(21)20)8-4-7-13-5-2-1-3-6-13/h1-12,20H/b7-4+,16-8-,20-18?. The fourth-order valence-electron chi connectivity index (χ4n) is 2.14. The Balaban J connectivity index is 1.79. The Morgan fingerprint density at radius 3 is 2.43 bits per heavy atom. The van der Waals surface area contributed by atoms with Crippen LogP contribution in [-0.2, 0) is 4.79 Å². The van der Waals surface area contributed by atoms with Crippen LogP contribution in [-0.4, -0.2) is 11.1 Å². The summed E-state index contributed by atoms with van der Waals surface area (Å²) in [4.78, 5) is 14.4. The van der Waals surface area contributed by atoms with Gasteiger partial charge in [-0.05, 0) is 47.7 Å². The number of anilines is 1. The zero-order chi connectivity index (χ0) is 16.2. The third kappa shape index (κ3) is 3.55. The fraction of sp³-hybridized carbons (Fsp3) is 0. The van der Waals surface area contributed by atoms with Gasteiger partial charge in [-0.1, -0.05) is 54.1 Å². The molecule has 5 heteroatoms. The molecular weight excluding hydrogens is 328 g/mol. The van der Waals surface area contributed by atoms with Gasteiger partial charge in [-0.3, -0.25) is 15.1 Å². The summed E-state index contributed by atoms with van der Waals surface area (Å²) in [5.41, 5.74) is 1.71. The van der Waals surface area contributed by atoms with E-state index in [1.807, 2.05) is 42.5 Å². The van der Waals surface area contributed by atoms with Gasteiger partial charge in [-0.25, -0.2) is 0 Å². The Labute approximate surface area is 143 Å². The van der Waals surface area contributed by atoms with E-state index in [2.05, 4.69) is 0 Å². The number of allylic oxidation sites excluding steroid dienone is 2. The highest BCUT2D eigenvalue weighted by molar-refractivity contribution is 8.19. The quantitative estimate of drug-likeness (QED) is 0.803. The maximum Gasteiger partial charge on any atom is 0.271 e. The topological polar surface area (TPSA) is 44.2 Å². The van der Waals surface area contributed by atoms with Crippen LogP contribution >= 0.6 is 23.4 Å². The Bertz CT molecular complexity index is 798. The number of carbonyl (C=O) groups is 1. The van der Waals surface area contributed by atoms with Crippen molar-refractivity contribution in [2.24, 2.45) is 0 Å². The Kier molecular flexibility index (Phi) is 4.65. The van der Waals surface area contributed by atoms with Crippen molar-refractivity contribution >= 4 is 46.2 Å². The highest BCUT2D eigenvalue weighted by Gasteiger charge is 2.33. The molecule has 114 valence electrons. The number of amidine groups is 1. The van der Waals surface area contributed by atoms with E-state index >= 15 is 0 Å². The lowest BCUT2D eigenvalue weighted by atomic mass is 10.2. The highest BCUT2D eigenvalue weighted by atomic mass is 35.5. The van der Waals surface area contributed by atoms with Gasteiger partial charge in [-0.2, -0.15) is 0 Å². The van der Waals surface area contributed by atoms with Crippen LogP contribution in [0.5, 0.6) is 0 Å². The maximum absolute atomic E-state index is 12.5. The number of thioether (sulfide) groups is 1. The van der Waals surface area contributed by atoms with Crippen LogP contribution < -0.4 is 4.90 Å². The van der Waals surface area contributed by atoms with Crippen molar-refractivity contribution in [3.05, 3.63) is 82.2 Å². The molecule has 0 radical (unpaired) electrons. The number of halogens is 1. The van der Waals surface area contributed by atoms with E-state index in [1.54, 1.807) is 30.3 Å². The van der Waals surface area contributed by atoms with Gasteiger partial charge in [0.15, 0.2) is 5.17 Å². The van der Waals surface area contributed by atoms with Crippen LogP contribution in [0.2, 0.25) is 5.02 Å². The Morgan fingerprint density at radius 1 is 1.04 bits per heavy atom. The molecule has 2 aromatic rings. The molecule has 1 aliphatic heterocycles. The number of hydrogen-bond acceptors (Lipinski definition) is 3. The minimum absolute atomic E-state index is 0.191. The van der Waals surface area contributed by atoms with Gasteiger partial charge in [-0.15, -0.1) is 0 Å². The summed E-state index contributed by atoms with van der Waals surface area (Å²) in [5.74, 6) is -0.194. The molecule has 1 N–H and O–H groups in total. The van der Waals surface area contributed by atoms with Gasteiger partial charge in [0.25, 0.3) is 5.91 Å². The van der Waals surface area contributed by atoms with Crippen LogP contribution in [0.3, 0.4) is 0 Å². The molecule has 0 atom stereocenters. The molecule has 23 heavy (non-hydrogen) atoms. The number of hydrogen-bond donors (Lipinski definition) is 1. The van der Waals surface area contributed by atoms with Gasteiger partial charge >= 0.3 is 0 Å². The Hall–Kier alpha value is -2.30. The van der Waals surface area contributed by atoms with Gasteiger partial charge in [0.1, 0.15) is 0 Å². The first-order valence-electron chi connectivity index (χ1n) is 6.95. The van der Waals surface area contributed by atoms with Gasteiger partial charge in [0.05, 0.1) is 10.6 Å². The van der Waals surface area contributed by atoms with E-state index in [1.165, 1.54) is 4.90 Å². The van der Waals surface area contributed by atoms with Crippen molar-refractivity contribution in [3.63, 3.8) is 0 Å². The fourth-order valence-corrected chi connectivity index (χ4v) is 3.08. The molecule has 3 nitrogen and oxygen atoms in total. The van der Waals surface area contributed by atoms with Gasteiger partial charge < -0.3 is 0 Å². The molecular formula is C18H13ClN2OS. The summed E-state index contributed by atoms with van der Waals surface area (Å²) >= 11 is 7.02. The number of carbonyl (C=O) groups excluding carboxylic acids is 1. The highest BCUT2D eigenvalue weighted by Crippen LogP contribution is 2.34. The summed E-state index contributed by atoms with van der Waals surface area (Å²) in [6.45, 7) is 0. The monoisotopic (exact) mass is 340 g/mol. The number of benzene rings is 2.